The second-order valence-corrected chi connectivity index (χ2v) is 6.01. The van der Waals surface area contributed by atoms with Gasteiger partial charge < -0.3 is 9.84 Å². The van der Waals surface area contributed by atoms with Crippen LogP contribution in [0.25, 0.3) is 21.3 Å². The van der Waals surface area contributed by atoms with Gasteiger partial charge in [0.1, 0.15) is 11.3 Å². The highest BCUT2D eigenvalue weighted by Gasteiger charge is 2.13. The lowest BCUT2D eigenvalue weighted by Crippen LogP contribution is -2.10. The van der Waals surface area contributed by atoms with E-state index in [0.29, 0.717) is 6.54 Å². The summed E-state index contributed by atoms with van der Waals surface area (Å²) in [7, 11) is 1.27. The third kappa shape index (κ3) is 2.61. The lowest BCUT2D eigenvalue weighted by Gasteiger charge is -2.07. The van der Waals surface area contributed by atoms with Crippen LogP contribution in [0, 0.1) is 0 Å². The minimum atomic E-state index is -0.581. The van der Waals surface area contributed by atoms with E-state index in [1.807, 2.05) is 25.1 Å². The Morgan fingerprint density at radius 1 is 1.22 bits per heavy atom. The van der Waals surface area contributed by atoms with Gasteiger partial charge >= 0.3 is 10.8 Å². The van der Waals surface area contributed by atoms with Crippen molar-refractivity contribution in [3.05, 3.63) is 51.6 Å². The van der Waals surface area contributed by atoms with E-state index in [-0.39, 0.29) is 16.2 Å². The Kier molecular flexibility index (Phi) is 3.92. The van der Waals surface area contributed by atoms with Crippen LogP contribution >= 0.6 is 11.3 Å². The van der Waals surface area contributed by atoms with Crippen LogP contribution in [0.3, 0.4) is 0 Å². The van der Waals surface area contributed by atoms with Crippen molar-refractivity contribution < 1.29 is 14.6 Å². The highest BCUT2D eigenvalue weighted by molar-refractivity contribution is 7.16. The van der Waals surface area contributed by atoms with Crippen molar-refractivity contribution in [1.82, 2.24) is 4.57 Å². The molecule has 23 heavy (non-hydrogen) atoms. The second-order valence-electron chi connectivity index (χ2n) is 5.02. The van der Waals surface area contributed by atoms with Crippen LogP contribution in [-0.2, 0) is 11.3 Å². The molecule has 3 aromatic rings. The van der Waals surface area contributed by atoms with Gasteiger partial charge in [0.05, 0.1) is 17.3 Å². The first-order valence-electron chi connectivity index (χ1n) is 7.10. The number of carbonyl (C=O) groups excluding carboxylic acids is 1. The maximum Gasteiger partial charge on any atom is 0.341 e. The molecule has 0 saturated heterocycles. The van der Waals surface area contributed by atoms with Gasteiger partial charge in [-0.25, -0.2) is 4.79 Å². The van der Waals surface area contributed by atoms with Gasteiger partial charge in [-0.2, -0.15) is 0 Å². The Labute approximate surface area is 136 Å². The predicted octanol–water partition coefficient (Wildman–Crippen LogP) is 3.24. The number of fused-ring (bicyclic) bond motifs is 1. The van der Waals surface area contributed by atoms with E-state index in [1.54, 1.807) is 10.6 Å². The normalized spacial score (nSPS) is 10.9. The first-order valence-corrected chi connectivity index (χ1v) is 7.92. The fraction of sp³-hybridized carbons (Fsp3) is 0.176. The molecule has 1 heterocycles. The number of thiazole rings is 1. The summed E-state index contributed by atoms with van der Waals surface area (Å²) < 4.78 is 7.23. The number of phenols is 1. The lowest BCUT2D eigenvalue weighted by molar-refractivity contribution is 0.0597. The quantitative estimate of drug-likeness (QED) is 0.749. The first kappa shape index (κ1) is 15.3. The van der Waals surface area contributed by atoms with Gasteiger partial charge in [0, 0.05) is 6.54 Å². The molecule has 0 aliphatic rings. The number of hydrogen-bond donors (Lipinski definition) is 1. The van der Waals surface area contributed by atoms with Crippen LogP contribution in [0.4, 0.5) is 0 Å². The molecule has 2 aromatic carbocycles. The average Bonchev–Trinajstić information content (AvgIpc) is 2.88. The SMILES string of the molecule is CCn1c(=O)sc2cc(-c3ccc(C(=O)OC)c(O)c3)ccc21. The van der Waals surface area contributed by atoms with Gasteiger partial charge in [-0.1, -0.05) is 23.5 Å². The molecule has 1 aromatic heterocycles. The number of methoxy groups -OCH3 is 1. The molecule has 5 nitrogen and oxygen atoms in total. The Morgan fingerprint density at radius 3 is 2.57 bits per heavy atom. The molecule has 0 bridgehead atoms. The van der Waals surface area contributed by atoms with Gasteiger partial charge in [-0.3, -0.25) is 9.36 Å². The van der Waals surface area contributed by atoms with E-state index in [4.69, 9.17) is 0 Å². The summed E-state index contributed by atoms with van der Waals surface area (Å²) in [6, 6.07) is 10.5. The summed E-state index contributed by atoms with van der Waals surface area (Å²) in [5, 5.41) is 10.0. The molecule has 0 saturated carbocycles. The van der Waals surface area contributed by atoms with Crippen LogP contribution in [-0.4, -0.2) is 22.8 Å². The van der Waals surface area contributed by atoms with Gasteiger partial charge in [0.2, 0.25) is 0 Å². The number of esters is 1. The number of nitrogens with zero attached hydrogens (tertiary/aromatic N) is 1. The molecule has 0 aliphatic heterocycles. The molecule has 3 rings (SSSR count). The number of aromatic nitrogens is 1. The Hall–Kier alpha value is -2.60. The molecule has 0 radical (unpaired) electrons. The van der Waals surface area contributed by atoms with Gasteiger partial charge in [-0.15, -0.1) is 0 Å². The predicted molar refractivity (Wildman–Crippen MR) is 90.2 cm³/mol. The zero-order valence-electron chi connectivity index (χ0n) is 12.7. The summed E-state index contributed by atoms with van der Waals surface area (Å²) in [5.41, 5.74) is 2.66. The largest absolute Gasteiger partial charge is 0.507 e. The summed E-state index contributed by atoms with van der Waals surface area (Å²) in [5.74, 6) is -0.712. The first-order chi connectivity index (χ1) is 11.0. The van der Waals surface area contributed by atoms with Crippen LogP contribution in [0.5, 0.6) is 5.75 Å². The fourth-order valence-electron chi connectivity index (χ4n) is 2.54. The van der Waals surface area contributed by atoms with E-state index in [9.17, 15) is 14.7 Å². The van der Waals surface area contributed by atoms with E-state index in [0.717, 1.165) is 21.3 Å². The average molecular weight is 329 g/mol. The standard InChI is InChI=1S/C17H15NO4S/c1-3-18-13-7-5-11(9-15(13)23-17(18)21)10-4-6-12(14(19)8-10)16(20)22-2/h4-9,19H,3H2,1-2H3. The number of ether oxygens (including phenoxy) is 1. The molecule has 0 unspecified atom stereocenters. The zero-order chi connectivity index (χ0) is 16.6. The van der Waals surface area contributed by atoms with Crippen LogP contribution in [0.2, 0.25) is 0 Å². The molecule has 6 heteroatoms. The van der Waals surface area contributed by atoms with E-state index < -0.39 is 5.97 Å². The minimum Gasteiger partial charge on any atom is -0.507 e. The Bertz CT molecular complexity index is 955. The molecule has 0 atom stereocenters. The zero-order valence-corrected chi connectivity index (χ0v) is 13.5. The monoisotopic (exact) mass is 329 g/mol. The molecule has 0 aliphatic carbocycles. The van der Waals surface area contributed by atoms with Crippen molar-refractivity contribution in [2.45, 2.75) is 13.5 Å². The Morgan fingerprint density at radius 2 is 1.91 bits per heavy atom. The van der Waals surface area contributed by atoms with E-state index >= 15 is 0 Å². The molecular formula is C17H15NO4S. The second kappa shape index (κ2) is 5.89. The van der Waals surface area contributed by atoms with E-state index in [2.05, 4.69) is 4.74 Å². The summed E-state index contributed by atoms with van der Waals surface area (Å²) in [4.78, 5) is 23.4. The van der Waals surface area contributed by atoms with Crippen molar-refractivity contribution in [2.75, 3.05) is 7.11 Å². The molecule has 118 valence electrons. The molecule has 1 N–H and O–H groups in total. The van der Waals surface area contributed by atoms with Gasteiger partial charge in [0.15, 0.2) is 0 Å². The third-order valence-corrected chi connectivity index (χ3v) is 4.66. The van der Waals surface area contributed by atoms with E-state index in [1.165, 1.54) is 30.6 Å². The van der Waals surface area contributed by atoms with Crippen molar-refractivity contribution >= 4 is 27.5 Å². The van der Waals surface area contributed by atoms with Gasteiger partial charge in [0.25, 0.3) is 0 Å². The van der Waals surface area contributed by atoms with Gasteiger partial charge in [-0.05, 0) is 42.3 Å². The molecule has 0 spiro atoms. The minimum absolute atomic E-state index is 0.0172. The number of carbonyl (C=O) groups is 1. The number of rotatable bonds is 3. The number of aryl methyl sites for hydroxylation is 1. The molecule has 0 amide bonds. The van der Waals surface area contributed by atoms with Crippen molar-refractivity contribution in [3.63, 3.8) is 0 Å². The smallest absolute Gasteiger partial charge is 0.341 e. The summed E-state index contributed by atoms with van der Waals surface area (Å²) in [6.45, 7) is 2.57. The number of hydrogen-bond acceptors (Lipinski definition) is 5. The number of phenolic OH excluding ortho intramolecular Hbond substituents is 1. The van der Waals surface area contributed by atoms with Crippen molar-refractivity contribution in [1.29, 1.82) is 0 Å². The van der Waals surface area contributed by atoms with Crippen LogP contribution in [0.15, 0.2) is 41.2 Å². The molecular weight excluding hydrogens is 314 g/mol. The summed E-state index contributed by atoms with van der Waals surface area (Å²) >= 11 is 1.20. The molecule has 0 fully saturated rings. The lowest BCUT2D eigenvalue weighted by atomic mass is 10.0. The topological polar surface area (TPSA) is 68.5 Å². The maximum atomic E-state index is 11.9. The van der Waals surface area contributed by atoms with Crippen molar-refractivity contribution in [2.24, 2.45) is 0 Å². The highest BCUT2D eigenvalue weighted by atomic mass is 32.1. The highest BCUT2D eigenvalue weighted by Crippen LogP contribution is 2.30. The third-order valence-electron chi connectivity index (χ3n) is 3.72. The fourth-order valence-corrected chi connectivity index (χ4v) is 3.53. The maximum absolute atomic E-state index is 11.9. The number of aromatic hydroxyl groups is 1. The Balaban J connectivity index is 2.08. The number of benzene rings is 2. The van der Waals surface area contributed by atoms with Crippen LogP contribution < -0.4 is 4.87 Å². The van der Waals surface area contributed by atoms with Crippen molar-refractivity contribution in [3.8, 4) is 16.9 Å². The van der Waals surface area contributed by atoms with Crippen LogP contribution in [0.1, 0.15) is 17.3 Å². The summed E-state index contributed by atoms with van der Waals surface area (Å²) in [6.07, 6.45) is 0.